The van der Waals surface area contributed by atoms with Gasteiger partial charge in [0.1, 0.15) is 17.0 Å². The Labute approximate surface area is 202 Å². The third-order valence-corrected chi connectivity index (χ3v) is 8.06. The predicted octanol–water partition coefficient (Wildman–Crippen LogP) is 2.80. The van der Waals surface area contributed by atoms with Crippen LogP contribution in [0.1, 0.15) is 18.4 Å². The van der Waals surface area contributed by atoms with Crippen molar-refractivity contribution in [3.8, 4) is 5.75 Å². The van der Waals surface area contributed by atoms with Crippen LogP contribution in [0.2, 0.25) is 0 Å². The standard InChI is InChI=1S/C23H19BrN4O6/c1-34-17-7-5-12(28(32)33)10-16(17)27-20(29)18-15-3-2-8-26(15)23(19(18)21(27)30)13-9-11(24)4-6-14(13)25-22(23)31/h4-7,9-10,15,18-19H,2-3,8H2,1H3,(H,25,31)/t15-,18-,19+,23-/m1/s1. The molecule has 0 saturated carbocycles. The van der Waals surface area contributed by atoms with Crippen LogP contribution in [0.4, 0.5) is 17.1 Å². The smallest absolute Gasteiger partial charge is 0.271 e. The average Bonchev–Trinajstić information content (AvgIpc) is 3.52. The lowest BCUT2D eigenvalue weighted by Gasteiger charge is -2.36. The number of halogens is 1. The molecule has 4 heterocycles. The largest absolute Gasteiger partial charge is 0.495 e. The van der Waals surface area contributed by atoms with Crippen LogP contribution in [-0.4, -0.2) is 47.2 Å². The molecular formula is C23H19BrN4O6. The lowest BCUT2D eigenvalue weighted by atomic mass is 9.75. The van der Waals surface area contributed by atoms with Gasteiger partial charge in [-0.15, -0.1) is 0 Å². The number of methoxy groups -OCH3 is 1. The van der Waals surface area contributed by atoms with Crippen LogP contribution in [-0.2, 0) is 19.9 Å². The van der Waals surface area contributed by atoms with Crippen LogP contribution in [0.3, 0.4) is 0 Å². The van der Waals surface area contributed by atoms with Crippen molar-refractivity contribution in [2.75, 3.05) is 23.9 Å². The second kappa shape index (κ2) is 7.09. The maximum absolute atomic E-state index is 14.0. The van der Waals surface area contributed by atoms with Gasteiger partial charge in [0.2, 0.25) is 17.7 Å². The molecule has 3 amide bonds. The van der Waals surface area contributed by atoms with E-state index < -0.39 is 34.1 Å². The molecule has 174 valence electrons. The molecule has 0 aliphatic carbocycles. The van der Waals surface area contributed by atoms with E-state index in [1.54, 1.807) is 6.07 Å². The lowest BCUT2D eigenvalue weighted by molar-refractivity contribution is -0.384. The highest BCUT2D eigenvalue weighted by Gasteiger charge is 2.74. The van der Waals surface area contributed by atoms with E-state index in [1.165, 1.54) is 25.3 Å². The maximum Gasteiger partial charge on any atom is 0.271 e. The highest BCUT2D eigenvalue weighted by Crippen LogP contribution is 2.61. The van der Waals surface area contributed by atoms with E-state index >= 15 is 0 Å². The van der Waals surface area contributed by atoms with Crippen LogP contribution in [0.25, 0.3) is 0 Å². The quantitative estimate of drug-likeness (QED) is 0.370. The topological polar surface area (TPSA) is 122 Å². The molecule has 0 aromatic heterocycles. The minimum absolute atomic E-state index is 0.0219. The summed E-state index contributed by atoms with van der Waals surface area (Å²) < 4.78 is 6.10. The molecule has 4 atom stereocenters. The highest BCUT2D eigenvalue weighted by atomic mass is 79.9. The molecule has 6 rings (SSSR count). The number of hydrogen-bond donors (Lipinski definition) is 1. The summed E-state index contributed by atoms with van der Waals surface area (Å²) in [6, 6.07) is 8.95. The molecule has 1 N–H and O–H groups in total. The molecule has 0 unspecified atom stereocenters. The fourth-order valence-corrected chi connectivity index (χ4v) is 6.74. The van der Waals surface area contributed by atoms with E-state index in [4.69, 9.17) is 4.74 Å². The Morgan fingerprint density at radius 3 is 2.71 bits per heavy atom. The van der Waals surface area contributed by atoms with Crippen molar-refractivity contribution in [3.63, 3.8) is 0 Å². The zero-order chi connectivity index (χ0) is 23.9. The number of amides is 3. The summed E-state index contributed by atoms with van der Waals surface area (Å²) in [6.45, 7) is 0.595. The van der Waals surface area contributed by atoms with Gasteiger partial charge in [-0.3, -0.25) is 29.4 Å². The third-order valence-electron chi connectivity index (χ3n) is 7.57. The molecule has 10 nitrogen and oxygen atoms in total. The van der Waals surface area contributed by atoms with Crippen molar-refractivity contribution < 1.29 is 24.0 Å². The lowest BCUT2D eigenvalue weighted by Crippen LogP contribution is -2.54. The number of fused-ring (bicyclic) bond motifs is 7. The number of carbonyl (C=O) groups excluding carboxylic acids is 3. The zero-order valence-corrected chi connectivity index (χ0v) is 19.6. The maximum atomic E-state index is 14.0. The Balaban J connectivity index is 1.56. The van der Waals surface area contributed by atoms with Crippen molar-refractivity contribution in [1.29, 1.82) is 0 Å². The molecule has 34 heavy (non-hydrogen) atoms. The van der Waals surface area contributed by atoms with E-state index in [0.717, 1.165) is 15.8 Å². The molecule has 4 aliphatic heterocycles. The van der Waals surface area contributed by atoms with Gasteiger partial charge >= 0.3 is 0 Å². The number of nitro benzene ring substituents is 1. The van der Waals surface area contributed by atoms with Crippen LogP contribution >= 0.6 is 15.9 Å². The molecule has 3 saturated heterocycles. The van der Waals surface area contributed by atoms with Gasteiger partial charge in [0.05, 0.1) is 23.9 Å². The SMILES string of the molecule is COc1ccc([N+](=O)[O-])cc1N1C(=O)[C@@H]2[C@H]3CCCN3[C@@]3(C(=O)Nc4ccc(Br)cc43)[C@@H]2C1=O. The Bertz CT molecular complexity index is 1310. The Morgan fingerprint density at radius 2 is 1.97 bits per heavy atom. The normalized spacial score (nSPS) is 29.4. The van der Waals surface area contributed by atoms with Crippen molar-refractivity contribution in [2.24, 2.45) is 11.8 Å². The number of non-ortho nitro benzene ring substituents is 1. The first-order chi connectivity index (χ1) is 16.3. The van der Waals surface area contributed by atoms with Gasteiger partial charge in [0.15, 0.2) is 0 Å². The molecule has 1 spiro atoms. The van der Waals surface area contributed by atoms with Gasteiger partial charge in [-0.1, -0.05) is 15.9 Å². The third kappa shape index (κ3) is 2.45. The van der Waals surface area contributed by atoms with E-state index in [9.17, 15) is 24.5 Å². The summed E-state index contributed by atoms with van der Waals surface area (Å²) in [6.07, 6.45) is 1.48. The molecule has 2 aromatic rings. The van der Waals surface area contributed by atoms with Crippen LogP contribution in [0.5, 0.6) is 5.75 Å². The van der Waals surface area contributed by atoms with Gasteiger partial charge in [0.25, 0.3) is 5.69 Å². The number of benzene rings is 2. The zero-order valence-electron chi connectivity index (χ0n) is 18.0. The summed E-state index contributed by atoms with van der Waals surface area (Å²) >= 11 is 3.48. The molecule has 3 fully saturated rings. The van der Waals surface area contributed by atoms with Crippen LogP contribution in [0, 0.1) is 22.0 Å². The molecule has 0 radical (unpaired) electrons. The number of hydrogen-bond acceptors (Lipinski definition) is 7. The van der Waals surface area contributed by atoms with Crippen LogP contribution < -0.4 is 15.0 Å². The Morgan fingerprint density at radius 1 is 1.18 bits per heavy atom. The molecule has 4 aliphatic rings. The van der Waals surface area contributed by atoms with Crippen molar-refractivity contribution >= 4 is 50.7 Å². The minimum Gasteiger partial charge on any atom is -0.495 e. The second-order valence-corrected chi connectivity index (χ2v) is 9.86. The molecule has 2 aromatic carbocycles. The first kappa shape index (κ1) is 21.2. The molecular weight excluding hydrogens is 508 g/mol. The fourth-order valence-electron chi connectivity index (χ4n) is 6.38. The highest BCUT2D eigenvalue weighted by molar-refractivity contribution is 9.10. The number of rotatable bonds is 3. The minimum atomic E-state index is -1.32. The number of nitrogens with one attached hydrogen (secondary N) is 1. The molecule has 0 bridgehead atoms. The van der Waals surface area contributed by atoms with Gasteiger partial charge in [-0.2, -0.15) is 0 Å². The summed E-state index contributed by atoms with van der Waals surface area (Å²) in [5.74, 6) is -2.86. The van der Waals surface area contributed by atoms with E-state index in [1.807, 2.05) is 17.0 Å². The van der Waals surface area contributed by atoms with E-state index in [2.05, 4.69) is 21.2 Å². The Hall–Kier alpha value is -3.31. The van der Waals surface area contributed by atoms with Crippen molar-refractivity contribution in [2.45, 2.75) is 24.4 Å². The summed E-state index contributed by atoms with van der Waals surface area (Å²) in [5, 5.41) is 14.3. The second-order valence-electron chi connectivity index (χ2n) is 8.94. The Kier molecular flexibility index (Phi) is 4.43. The van der Waals surface area contributed by atoms with E-state index in [-0.39, 0.29) is 29.1 Å². The van der Waals surface area contributed by atoms with Gasteiger partial charge < -0.3 is 10.1 Å². The van der Waals surface area contributed by atoms with Gasteiger partial charge in [-0.05, 0) is 43.7 Å². The van der Waals surface area contributed by atoms with E-state index in [0.29, 0.717) is 24.2 Å². The monoisotopic (exact) mass is 526 g/mol. The van der Waals surface area contributed by atoms with Gasteiger partial charge in [-0.25, -0.2) is 4.90 Å². The number of nitrogens with zero attached hydrogens (tertiary/aromatic N) is 3. The van der Waals surface area contributed by atoms with Crippen molar-refractivity contribution in [1.82, 2.24) is 4.90 Å². The first-order valence-corrected chi connectivity index (χ1v) is 11.7. The number of imide groups is 1. The number of anilines is 2. The number of ether oxygens (including phenoxy) is 1. The predicted molar refractivity (Wildman–Crippen MR) is 123 cm³/mol. The molecule has 11 heteroatoms. The van der Waals surface area contributed by atoms with Crippen molar-refractivity contribution in [3.05, 3.63) is 56.5 Å². The number of carbonyl (C=O) groups is 3. The fraction of sp³-hybridized carbons (Fsp3) is 0.348. The number of nitro groups is 1. The van der Waals surface area contributed by atoms with Gasteiger partial charge in [0, 0.05) is 33.9 Å². The van der Waals surface area contributed by atoms with Crippen LogP contribution in [0.15, 0.2) is 40.9 Å². The average molecular weight is 527 g/mol. The summed E-state index contributed by atoms with van der Waals surface area (Å²) in [5.41, 5.74) is -0.279. The summed E-state index contributed by atoms with van der Waals surface area (Å²) in [7, 11) is 1.37. The summed E-state index contributed by atoms with van der Waals surface area (Å²) in [4.78, 5) is 55.3. The first-order valence-electron chi connectivity index (χ1n) is 10.9.